The summed E-state index contributed by atoms with van der Waals surface area (Å²) >= 11 is 0. The van der Waals surface area contributed by atoms with Gasteiger partial charge in [-0.05, 0) is 28.7 Å². The summed E-state index contributed by atoms with van der Waals surface area (Å²) in [5.41, 5.74) is 4.00. The van der Waals surface area contributed by atoms with Crippen LogP contribution in [0.3, 0.4) is 0 Å². The zero-order valence-electron chi connectivity index (χ0n) is 9.71. The summed E-state index contributed by atoms with van der Waals surface area (Å²) < 4.78 is 5.57. The first kappa shape index (κ1) is 10.8. The van der Waals surface area contributed by atoms with E-state index in [2.05, 4.69) is 32.6 Å². The van der Waals surface area contributed by atoms with E-state index in [0.717, 1.165) is 23.3 Å². The number of benzene rings is 1. The van der Waals surface area contributed by atoms with Crippen molar-refractivity contribution >= 4 is 0 Å². The van der Waals surface area contributed by atoms with Crippen molar-refractivity contribution in [3.63, 3.8) is 0 Å². The van der Waals surface area contributed by atoms with Crippen LogP contribution in [0.15, 0.2) is 24.3 Å². The Morgan fingerprint density at radius 2 is 2.19 bits per heavy atom. The molecule has 0 radical (unpaired) electrons. The van der Waals surface area contributed by atoms with Gasteiger partial charge in [0.15, 0.2) is 0 Å². The lowest BCUT2D eigenvalue weighted by Gasteiger charge is -2.21. The molecule has 0 aliphatic carbocycles. The smallest absolute Gasteiger partial charge is 0.141 e. The molecule has 0 saturated heterocycles. The van der Waals surface area contributed by atoms with E-state index in [-0.39, 0.29) is 0 Å². The quantitative estimate of drug-likeness (QED) is 0.671. The minimum absolute atomic E-state index is 0.424. The highest BCUT2D eigenvalue weighted by Crippen LogP contribution is 2.33. The lowest BCUT2D eigenvalue weighted by molar-refractivity contribution is 0.331. The Bertz CT molecular complexity index is 480. The van der Waals surface area contributed by atoms with E-state index in [1.807, 2.05) is 6.07 Å². The molecule has 0 unspecified atom stereocenters. The molecule has 0 fully saturated rings. The summed E-state index contributed by atoms with van der Waals surface area (Å²) in [6.45, 7) is 8.72. The highest BCUT2D eigenvalue weighted by atomic mass is 16.5. The Kier molecular flexibility index (Phi) is 2.70. The Balaban J connectivity index is 2.56. The van der Waals surface area contributed by atoms with Gasteiger partial charge in [-0.1, -0.05) is 26.5 Å². The molecule has 1 aromatic carbocycles. The van der Waals surface area contributed by atoms with Crippen molar-refractivity contribution in [2.24, 2.45) is 0 Å². The van der Waals surface area contributed by atoms with Crippen molar-refractivity contribution in [2.75, 3.05) is 6.61 Å². The maximum atomic E-state index is 9.11. The molecule has 0 aromatic heterocycles. The molecule has 0 amide bonds. The topological polar surface area (TPSA) is 33.0 Å². The van der Waals surface area contributed by atoms with Crippen LogP contribution < -0.4 is 4.74 Å². The van der Waals surface area contributed by atoms with E-state index in [1.165, 1.54) is 5.56 Å². The normalized spacial score (nSPS) is 14.2. The van der Waals surface area contributed by atoms with Gasteiger partial charge in [-0.2, -0.15) is 5.26 Å². The van der Waals surface area contributed by atoms with Crippen LogP contribution in [-0.4, -0.2) is 6.61 Å². The Labute approximate surface area is 96.2 Å². The number of nitrogens with zero attached hydrogens (tertiary/aromatic N) is 1. The second-order valence-electron chi connectivity index (χ2n) is 4.54. The highest BCUT2D eigenvalue weighted by molar-refractivity contribution is 5.54. The zero-order valence-corrected chi connectivity index (χ0v) is 9.71. The molecular formula is C14H15NO. The number of nitriles is 1. The summed E-state index contributed by atoms with van der Waals surface area (Å²) in [5.74, 6) is 1.17. The van der Waals surface area contributed by atoms with Gasteiger partial charge in [0.05, 0.1) is 5.56 Å². The molecule has 82 valence electrons. The van der Waals surface area contributed by atoms with Gasteiger partial charge in [0.1, 0.15) is 18.4 Å². The van der Waals surface area contributed by atoms with E-state index in [4.69, 9.17) is 10.00 Å². The van der Waals surface area contributed by atoms with E-state index in [0.29, 0.717) is 18.1 Å². The molecular weight excluding hydrogens is 198 g/mol. The van der Waals surface area contributed by atoms with Crippen molar-refractivity contribution in [3.05, 3.63) is 41.0 Å². The minimum Gasteiger partial charge on any atom is -0.488 e. The molecule has 1 aromatic rings. The molecule has 0 bridgehead atoms. The third kappa shape index (κ3) is 1.81. The molecule has 0 spiro atoms. The van der Waals surface area contributed by atoms with Crippen LogP contribution in [0.25, 0.3) is 0 Å². The summed E-state index contributed by atoms with van der Waals surface area (Å²) in [6, 6.07) is 6.27. The minimum atomic E-state index is 0.424. The second kappa shape index (κ2) is 4.02. The van der Waals surface area contributed by atoms with Crippen LogP contribution in [0.4, 0.5) is 0 Å². The third-order valence-corrected chi connectivity index (χ3v) is 2.84. The van der Waals surface area contributed by atoms with Crippen LogP contribution in [0.1, 0.15) is 36.5 Å². The van der Waals surface area contributed by atoms with Gasteiger partial charge < -0.3 is 4.74 Å². The first-order valence-corrected chi connectivity index (χ1v) is 5.48. The molecule has 1 aliphatic heterocycles. The lowest BCUT2D eigenvalue weighted by atomic mass is 9.93. The van der Waals surface area contributed by atoms with Gasteiger partial charge in [-0.25, -0.2) is 0 Å². The van der Waals surface area contributed by atoms with Crippen LogP contribution in [0, 0.1) is 11.3 Å². The van der Waals surface area contributed by atoms with Crippen LogP contribution in [-0.2, 0) is 6.42 Å². The van der Waals surface area contributed by atoms with E-state index < -0.39 is 0 Å². The number of ether oxygens (including phenoxy) is 1. The van der Waals surface area contributed by atoms with Gasteiger partial charge in [-0.15, -0.1) is 0 Å². The maximum Gasteiger partial charge on any atom is 0.141 e. The van der Waals surface area contributed by atoms with Gasteiger partial charge in [0.2, 0.25) is 0 Å². The second-order valence-corrected chi connectivity index (χ2v) is 4.54. The molecule has 2 rings (SSSR count). The monoisotopic (exact) mass is 213 g/mol. The van der Waals surface area contributed by atoms with Crippen LogP contribution in [0.2, 0.25) is 0 Å². The molecule has 1 aliphatic rings. The standard InChI is InChI=1S/C14H15NO/c1-9(2)11-5-12-4-10(3)8-16-14(12)13(6-11)7-15/h5-6,9H,3-4,8H2,1-2H3. The van der Waals surface area contributed by atoms with Crippen molar-refractivity contribution in [1.29, 1.82) is 5.26 Å². The summed E-state index contributed by atoms with van der Waals surface area (Å²) in [7, 11) is 0. The summed E-state index contributed by atoms with van der Waals surface area (Å²) in [4.78, 5) is 0. The van der Waals surface area contributed by atoms with E-state index in [9.17, 15) is 0 Å². The van der Waals surface area contributed by atoms with Crippen LogP contribution >= 0.6 is 0 Å². The Morgan fingerprint density at radius 3 is 2.81 bits per heavy atom. The average Bonchev–Trinajstić information content (AvgIpc) is 2.26. The van der Waals surface area contributed by atoms with Crippen LogP contribution in [0.5, 0.6) is 5.75 Å². The Hall–Kier alpha value is -1.75. The first-order chi connectivity index (χ1) is 7.61. The predicted octanol–water partition coefficient (Wildman–Crippen LogP) is 3.17. The van der Waals surface area contributed by atoms with E-state index in [1.54, 1.807) is 0 Å². The third-order valence-electron chi connectivity index (χ3n) is 2.84. The fourth-order valence-electron chi connectivity index (χ4n) is 1.93. The number of rotatable bonds is 1. The van der Waals surface area contributed by atoms with E-state index >= 15 is 0 Å². The van der Waals surface area contributed by atoms with Gasteiger partial charge in [-0.3, -0.25) is 0 Å². The van der Waals surface area contributed by atoms with Crippen molar-refractivity contribution in [1.82, 2.24) is 0 Å². The van der Waals surface area contributed by atoms with Crippen molar-refractivity contribution in [2.45, 2.75) is 26.2 Å². The molecule has 0 atom stereocenters. The fraction of sp³-hybridized carbons (Fsp3) is 0.357. The average molecular weight is 213 g/mol. The molecule has 16 heavy (non-hydrogen) atoms. The Morgan fingerprint density at radius 1 is 1.44 bits per heavy atom. The molecule has 2 nitrogen and oxygen atoms in total. The van der Waals surface area contributed by atoms with Gasteiger partial charge >= 0.3 is 0 Å². The van der Waals surface area contributed by atoms with Gasteiger partial charge in [0.25, 0.3) is 0 Å². The lowest BCUT2D eigenvalue weighted by Crippen LogP contribution is -2.13. The highest BCUT2D eigenvalue weighted by Gasteiger charge is 2.18. The molecule has 1 heterocycles. The summed E-state index contributed by atoms with van der Waals surface area (Å²) in [6.07, 6.45) is 0.824. The molecule has 0 N–H and O–H groups in total. The van der Waals surface area contributed by atoms with Crippen molar-refractivity contribution in [3.8, 4) is 11.8 Å². The predicted molar refractivity (Wildman–Crippen MR) is 63.6 cm³/mol. The largest absolute Gasteiger partial charge is 0.488 e. The number of fused-ring (bicyclic) bond motifs is 1. The SMILES string of the molecule is C=C1COc2c(C#N)cc(C(C)C)cc2C1. The first-order valence-electron chi connectivity index (χ1n) is 5.48. The van der Waals surface area contributed by atoms with Gasteiger partial charge in [0, 0.05) is 6.42 Å². The maximum absolute atomic E-state index is 9.11. The van der Waals surface area contributed by atoms with Crippen molar-refractivity contribution < 1.29 is 4.74 Å². The molecule has 2 heteroatoms. The number of hydrogen-bond acceptors (Lipinski definition) is 2. The fourth-order valence-corrected chi connectivity index (χ4v) is 1.93. The molecule has 0 saturated carbocycles. The zero-order chi connectivity index (χ0) is 11.7. The summed E-state index contributed by atoms with van der Waals surface area (Å²) in [5, 5.41) is 9.11. The number of hydrogen-bond donors (Lipinski definition) is 0.